The second-order valence-electron chi connectivity index (χ2n) is 20.3. The van der Waals surface area contributed by atoms with Gasteiger partial charge >= 0.3 is 0 Å². The Balaban J connectivity index is 0.000000370. The van der Waals surface area contributed by atoms with Crippen LogP contribution in [0.1, 0.15) is 123 Å². The second-order valence-corrected chi connectivity index (χ2v) is 20.3. The van der Waals surface area contributed by atoms with Crippen molar-refractivity contribution in [2.75, 3.05) is 0 Å². The number of hydrogen-bond acceptors (Lipinski definition) is 6. The number of aryl methyl sites for hydroxylation is 2. The number of halogens is 2. The zero-order valence-corrected chi connectivity index (χ0v) is 43.8. The molecule has 363 valence electrons. The molecular formula is C61H58F2IrN6O-2. The van der Waals surface area contributed by atoms with Gasteiger partial charge in [0.15, 0.2) is 17.2 Å². The van der Waals surface area contributed by atoms with Gasteiger partial charge in [0.1, 0.15) is 11.6 Å². The van der Waals surface area contributed by atoms with E-state index in [1.54, 1.807) is 30.5 Å². The normalized spacial score (nSPS) is 13.5. The predicted molar refractivity (Wildman–Crippen MR) is 280 cm³/mol. The van der Waals surface area contributed by atoms with Crippen molar-refractivity contribution >= 4 is 33.0 Å². The molecule has 10 aromatic rings. The quantitative estimate of drug-likeness (QED) is 0.148. The molecule has 0 unspecified atom stereocenters. The van der Waals surface area contributed by atoms with Gasteiger partial charge in [-0.25, -0.2) is 19.3 Å². The first-order valence-corrected chi connectivity index (χ1v) is 23.4. The van der Waals surface area contributed by atoms with Crippen molar-refractivity contribution in [2.45, 2.75) is 106 Å². The molecule has 10 heteroatoms. The van der Waals surface area contributed by atoms with Crippen molar-refractivity contribution in [2.24, 2.45) is 0 Å². The first-order valence-electron chi connectivity index (χ1n) is 26.4. The molecule has 10 rings (SSSR count). The van der Waals surface area contributed by atoms with Gasteiger partial charge in [0.2, 0.25) is 0 Å². The topological polar surface area (TPSA) is 82.5 Å². The van der Waals surface area contributed by atoms with Crippen LogP contribution < -0.4 is 0 Å². The van der Waals surface area contributed by atoms with E-state index in [0.717, 1.165) is 50.2 Å². The van der Waals surface area contributed by atoms with E-state index in [9.17, 15) is 4.39 Å². The molecule has 0 saturated heterocycles. The summed E-state index contributed by atoms with van der Waals surface area (Å²) in [4.78, 5) is 21.2. The number of fused-ring (bicyclic) bond motifs is 4. The molecule has 0 aliphatic carbocycles. The average Bonchev–Trinajstić information content (AvgIpc) is 3.95. The maximum Gasteiger partial charge on any atom is 0.176 e. The Morgan fingerprint density at radius 3 is 1.94 bits per heavy atom. The van der Waals surface area contributed by atoms with E-state index in [2.05, 4.69) is 142 Å². The molecule has 0 atom stereocenters. The molecule has 0 amide bonds. The first kappa shape index (κ1) is 43.1. The summed E-state index contributed by atoms with van der Waals surface area (Å²) < 4.78 is 85.2. The zero-order valence-electron chi connectivity index (χ0n) is 47.4. The molecule has 0 aliphatic rings. The number of furan rings is 1. The van der Waals surface area contributed by atoms with Gasteiger partial charge in [-0.3, -0.25) is 9.37 Å². The summed E-state index contributed by atoms with van der Waals surface area (Å²) in [5.74, 6) is -2.28. The molecule has 1 radical (unpaired) electrons. The maximum absolute atomic E-state index is 16.7. The fourth-order valence-corrected chi connectivity index (χ4v) is 8.78. The third kappa shape index (κ3) is 10.1. The van der Waals surface area contributed by atoms with Crippen LogP contribution in [0.25, 0.3) is 83.8 Å². The largest absolute Gasteiger partial charge is 0.497 e. The smallest absolute Gasteiger partial charge is 0.176 e. The van der Waals surface area contributed by atoms with Crippen LogP contribution in [0, 0.1) is 37.5 Å². The van der Waals surface area contributed by atoms with Crippen molar-refractivity contribution < 1.29 is 41.5 Å². The van der Waals surface area contributed by atoms with E-state index < -0.39 is 37.0 Å². The van der Waals surface area contributed by atoms with Gasteiger partial charge in [-0.1, -0.05) is 129 Å². The standard InChI is InChI=1S/C46H43FN5O.C15H15FN.Ir/c1-25(2)36-23-30(29-17-19-31(20-18-29)46(7,8)9)24-37(26(3)4)41(36)52-39-16-11-10-15-38(39)51-45(52)35-14-12-13-32-33-21-22-34(40(47)43(33)53-42(32)35)44-49-27(5)48-28(6)50-44;1-15(2,3)12-8-9-17-14(10-12)11-4-6-13(16)7-5-11;/h10-13,15-26H,1-9H3;4,6-10H,1-3H3;/q2*-1;/i5D3,6D3;;. The molecule has 4 heterocycles. The number of imidazole rings is 1. The molecule has 0 fully saturated rings. The van der Waals surface area contributed by atoms with Crippen LogP contribution in [0.5, 0.6) is 0 Å². The molecule has 0 saturated carbocycles. The summed E-state index contributed by atoms with van der Waals surface area (Å²) in [6.45, 7) is 16.1. The van der Waals surface area contributed by atoms with Crippen molar-refractivity contribution in [3.8, 4) is 50.8 Å². The Kier molecular flexibility index (Phi) is 12.0. The van der Waals surface area contributed by atoms with Gasteiger partial charge < -0.3 is 14.0 Å². The van der Waals surface area contributed by atoms with Gasteiger partial charge in [0, 0.05) is 51.4 Å². The summed E-state index contributed by atoms with van der Waals surface area (Å²) in [7, 11) is 0. The van der Waals surface area contributed by atoms with Crippen molar-refractivity contribution in [3.05, 3.63) is 179 Å². The molecule has 71 heavy (non-hydrogen) atoms. The average molecular weight is 1130 g/mol. The maximum atomic E-state index is 16.7. The summed E-state index contributed by atoms with van der Waals surface area (Å²) in [5, 5.41) is 1.04. The van der Waals surface area contributed by atoms with Gasteiger partial charge in [0.05, 0.1) is 28.0 Å². The van der Waals surface area contributed by atoms with E-state index in [-0.39, 0.29) is 59.7 Å². The second kappa shape index (κ2) is 19.8. The monoisotopic (exact) mass is 1130 g/mol. The Morgan fingerprint density at radius 1 is 0.662 bits per heavy atom. The molecule has 0 bridgehead atoms. The van der Waals surface area contributed by atoms with Crippen LogP contribution >= 0.6 is 0 Å². The van der Waals surface area contributed by atoms with E-state index in [4.69, 9.17) is 17.6 Å². The van der Waals surface area contributed by atoms with Crippen molar-refractivity contribution in [1.82, 2.24) is 29.5 Å². The summed E-state index contributed by atoms with van der Waals surface area (Å²) >= 11 is 0. The van der Waals surface area contributed by atoms with E-state index in [1.165, 1.54) is 29.3 Å². The van der Waals surface area contributed by atoms with Gasteiger partial charge in [-0.05, 0) is 112 Å². The third-order valence-corrected chi connectivity index (χ3v) is 12.6. The van der Waals surface area contributed by atoms with Gasteiger partial charge in [-0.15, -0.1) is 48.0 Å². The Morgan fingerprint density at radius 2 is 1.32 bits per heavy atom. The number of benzene rings is 6. The molecule has 0 N–H and O–H groups in total. The van der Waals surface area contributed by atoms with Crippen LogP contribution in [-0.2, 0) is 30.9 Å². The van der Waals surface area contributed by atoms with Crippen LogP contribution in [0.4, 0.5) is 8.78 Å². The Hall–Kier alpha value is -6.74. The van der Waals surface area contributed by atoms with E-state index >= 15 is 4.39 Å². The minimum atomic E-state index is -2.86. The summed E-state index contributed by atoms with van der Waals surface area (Å²) in [6, 6.07) is 42.6. The molecule has 4 aromatic heterocycles. The molecule has 0 spiro atoms. The SMILES string of the molecule is CC(C)(C)c1ccnc(-c2[c-]cc(F)cc2)c1.[2H]C([2H])([2H])c1nc(-c2ccc3c(oc4c(-c5nc6ccccc6n5-c5c(C(C)C)cc(-c6ccc(C(C)(C)C)cc6)cc5C(C)C)[c-]ccc43)c2F)nc(C([2H])([2H])[2H])n1.[Ir]. The first-order chi connectivity index (χ1) is 35.7. The number of aromatic nitrogens is 6. The molecular weight excluding hydrogens is 1060 g/mol. The fraction of sp³-hybridized carbons (Fsp3) is 0.262. The number of hydrogen-bond donors (Lipinski definition) is 0. The minimum absolute atomic E-state index is 0. The van der Waals surface area contributed by atoms with Gasteiger partial charge in [-0.2, -0.15) is 0 Å². The van der Waals surface area contributed by atoms with Crippen LogP contribution in [0.15, 0.2) is 126 Å². The van der Waals surface area contributed by atoms with Crippen molar-refractivity contribution in [3.63, 3.8) is 0 Å². The van der Waals surface area contributed by atoms with Crippen LogP contribution in [-0.4, -0.2) is 29.5 Å². The molecule has 0 aliphatic heterocycles. The Labute approximate surface area is 437 Å². The minimum Gasteiger partial charge on any atom is -0.497 e. The third-order valence-electron chi connectivity index (χ3n) is 12.6. The number of pyridine rings is 1. The number of para-hydroxylation sites is 2. The molecule has 7 nitrogen and oxygen atoms in total. The predicted octanol–water partition coefficient (Wildman–Crippen LogP) is 16.2. The number of rotatable bonds is 7. The fourth-order valence-electron chi connectivity index (χ4n) is 8.78. The van der Waals surface area contributed by atoms with Crippen LogP contribution in [0.2, 0.25) is 0 Å². The van der Waals surface area contributed by atoms with E-state index in [1.807, 2.05) is 36.4 Å². The summed E-state index contributed by atoms with van der Waals surface area (Å²) in [6.07, 6.45) is 1.78. The van der Waals surface area contributed by atoms with E-state index in [0.29, 0.717) is 27.7 Å². The number of nitrogens with zero attached hydrogens (tertiary/aromatic N) is 6. The van der Waals surface area contributed by atoms with Crippen LogP contribution in [0.3, 0.4) is 0 Å². The van der Waals surface area contributed by atoms with Crippen molar-refractivity contribution in [1.29, 1.82) is 0 Å². The Bertz CT molecular complexity index is 3740. The summed E-state index contributed by atoms with van der Waals surface area (Å²) in [5.41, 5.74) is 11.9. The molecule has 6 aromatic carbocycles. The van der Waals surface area contributed by atoms with Gasteiger partial charge in [0.25, 0.3) is 0 Å². The zero-order chi connectivity index (χ0) is 54.8.